The van der Waals surface area contributed by atoms with E-state index in [1.54, 1.807) is 25.3 Å². The molecule has 0 fully saturated rings. The first-order chi connectivity index (χ1) is 16.2. The van der Waals surface area contributed by atoms with Crippen molar-refractivity contribution in [2.45, 2.75) is 26.7 Å². The van der Waals surface area contributed by atoms with Crippen molar-refractivity contribution in [2.24, 2.45) is 0 Å². The lowest BCUT2D eigenvalue weighted by molar-refractivity contribution is 0.0991. The zero-order chi connectivity index (χ0) is 25.0. The molecule has 34 heavy (non-hydrogen) atoms. The van der Waals surface area contributed by atoms with Gasteiger partial charge >= 0.3 is 0 Å². The highest BCUT2D eigenvalue weighted by atomic mass is 35.5. The molecular formula is C25H28ClNO7. The molecule has 9 heteroatoms. The molecule has 0 atom stereocenters. The largest absolute Gasteiger partial charge is 0.496 e. The van der Waals surface area contributed by atoms with E-state index in [0.717, 1.165) is 11.1 Å². The summed E-state index contributed by atoms with van der Waals surface area (Å²) in [6.45, 7) is 5.88. The van der Waals surface area contributed by atoms with Crippen LogP contribution in [0.2, 0.25) is 5.02 Å². The van der Waals surface area contributed by atoms with Gasteiger partial charge in [-0.05, 0) is 30.5 Å². The molecule has 0 unspecified atom stereocenters. The van der Waals surface area contributed by atoms with E-state index in [1.165, 1.54) is 27.4 Å². The normalized spacial score (nSPS) is 10.7. The number of amides is 1. The van der Waals surface area contributed by atoms with Gasteiger partial charge in [-0.3, -0.25) is 4.79 Å². The Morgan fingerprint density at radius 1 is 0.941 bits per heavy atom. The number of halogens is 1. The van der Waals surface area contributed by atoms with Crippen molar-refractivity contribution in [3.05, 3.63) is 52.2 Å². The zero-order valence-corrected chi connectivity index (χ0v) is 21.0. The summed E-state index contributed by atoms with van der Waals surface area (Å²) in [6, 6.07) is 8.15. The minimum absolute atomic E-state index is 0.0320. The average molecular weight is 490 g/mol. The fraction of sp³-hybridized carbons (Fsp3) is 0.320. The van der Waals surface area contributed by atoms with Crippen molar-refractivity contribution in [1.82, 2.24) is 0 Å². The second kappa shape index (κ2) is 10.6. The maximum Gasteiger partial charge on any atom is 0.291 e. The first-order valence-electron chi connectivity index (χ1n) is 10.5. The summed E-state index contributed by atoms with van der Waals surface area (Å²) in [7, 11) is 6.05. The van der Waals surface area contributed by atoms with E-state index in [4.69, 9.17) is 39.7 Å². The number of carbonyl (C=O) groups excluding carboxylic acids is 1. The predicted molar refractivity (Wildman–Crippen MR) is 130 cm³/mol. The molecule has 0 aliphatic heterocycles. The minimum Gasteiger partial charge on any atom is -0.496 e. The molecule has 0 spiro atoms. The van der Waals surface area contributed by atoms with Gasteiger partial charge in [0.25, 0.3) is 11.9 Å². The summed E-state index contributed by atoms with van der Waals surface area (Å²) in [5, 5.41) is 3.35. The number of nitrogens with one attached hydrogen (secondary N) is 1. The van der Waals surface area contributed by atoms with Crippen molar-refractivity contribution in [3.63, 3.8) is 0 Å². The van der Waals surface area contributed by atoms with Crippen molar-refractivity contribution < 1.29 is 32.9 Å². The van der Waals surface area contributed by atoms with E-state index in [1.807, 2.05) is 26.8 Å². The predicted octanol–water partition coefficient (Wildman–Crippen LogP) is 6.44. The standard InChI is InChI=1S/C25H28ClNO7/c1-13(2)21-16(26)10-14(3)23(24(21)32-7)34-20-9-8-17(33-20)25(28)27-22-18(30-5)11-15(29-4)12-19(22)31-6/h8-13H,1-7H3,(H,27,28). The molecule has 0 aliphatic carbocycles. The Kier molecular flexibility index (Phi) is 7.83. The topological polar surface area (TPSA) is 88.4 Å². The summed E-state index contributed by atoms with van der Waals surface area (Å²) in [4.78, 5) is 12.9. The van der Waals surface area contributed by atoms with E-state index in [-0.39, 0.29) is 17.6 Å². The maximum absolute atomic E-state index is 12.9. The highest BCUT2D eigenvalue weighted by molar-refractivity contribution is 6.31. The molecule has 8 nitrogen and oxygen atoms in total. The smallest absolute Gasteiger partial charge is 0.291 e. The second-order valence-electron chi connectivity index (χ2n) is 7.69. The van der Waals surface area contributed by atoms with Gasteiger partial charge in [-0.2, -0.15) is 0 Å². The van der Waals surface area contributed by atoms with Crippen LogP contribution in [-0.2, 0) is 0 Å². The Morgan fingerprint density at radius 2 is 1.59 bits per heavy atom. The van der Waals surface area contributed by atoms with Gasteiger partial charge in [-0.1, -0.05) is 25.4 Å². The fourth-order valence-electron chi connectivity index (χ4n) is 3.51. The summed E-state index contributed by atoms with van der Waals surface area (Å²) in [6.07, 6.45) is 0. The van der Waals surface area contributed by atoms with E-state index < -0.39 is 5.91 Å². The van der Waals surface area contributed by atoms with Gasteiger partial charge in [0.1, 0.15) is 22.9 Å². The molecule has 0 radical (unpaired) electrons. The molecule has 1 N–H and O–H groups in total. The maximum atomic E-state index is 12.9. The first-order valence-corrected chi connectivity index (χ1v) is 10.9. The van der Waals surface area contributed by atoms with E-state index >= 15 is 0 Å². The number of hydrogen-bond acceptors (Lipinski definition) is 7. The lowest BCUT2D eigenvalue weighted by Gasteiger charge is -2.19. The second-order valence-corrected chi connectivity index (χ2v) is 8.10. The van der Waals surface area contributed by atoms with Gasteiger partial charge in [0.05, 0.1) is 28.4 Å². The van der Waals surface area contributed by atoms with Crippen LogP contribution < -0.4 is 29.0 Å². The summed E-state index contributed by atoms with van der Waals surface area (Å²) in [5.41, 5.74) is 1.93. The Labute approximate surface area is 203 Å². The molecular weight excluding hydrogens is 462 g/mol. The van der Waals surface area contributed by atoms with Crippen LogP contribution in [0.4, 0.5) is 5.69 Å². The van der Waals surface area contributed by atoms with Crippen molar-refractivity contribution in [2.75, 3.05) is 33.8 Å². The van der Waals surface area contributed by atoms with Gasteiger partial charge in [-0.15, -0.1) is 0 Å². The molecule has 1 aromatic heterocycles. The number of aryl methyl sites for hydroxylation is 1. The number of anilines is 1. The van der Waals surface area contributed by atoms with E-state index in [9.17, 15) is 4.79 Å². The quantitative estimate of drug-likeness (QED) is 0.369. The number of furan rings is 1. The van der Waals surface area contributed by atoms with Gasteiger partial charge in [0, 0.05) is 28.8 Å². The van der Waals surface area contributed by atoms with Crippen molar-refractivity contribution in [1.29, 1.82) is 0 Å². The summed E-state index contributed by atoms with van der Waals surface area (Å²) < 4.78 is 33.2. The third-order valence-corrected chi connectivity index (χ3v) is 5.47. The third-order valence-electron chi connectivity index (χ3n) is 5.15. The molecule has 0 saturated heterocycles. The fourth-order valence-corrected chi connectivity index (χ4v) is 3.98. The molecule has 0 aliphatic rings. The average Bonchev–Trinajstić information content (AvgIpc) is 3.28. The van der Waals surface area contributed by atoms with Crippen molar-refractivity contribution >= 4 is 23.2 Å². The molecule has 0 saturated carbocycles. The van der Waals surface area contributed by atoms with Crippen LogP contribution in [0.15, 0.2) is 34.7 Å². The number of rotatable bonds is 9. The van der Waals surface area contributed by atoms with Crippen LogP contribution in [0.1, 0.15) is 41.4 Å². The molecule has 182 valence electrons. The number of methoxy groups -OCH3 is 4. The van der Waals surface area contributed by atoms with Gasteiger partial charge in [0.15, 0.2) is 17.3 Å². The lowest BCUT2D eigenvalue weighted by Crippen LogP contribution is -2.13. The van der Waals surface area contributed by atoms with Gasteiger partial charge in [-0.25, -0.2) is 0 Å². The van der Waals surface area contributed by atoms with Crippen molar-refractivity contribution in [3.8, 4) is 34.7 Å². The molecule has 1 heterocycles. The van der Waals surface area contributed by atoms with Crippen LogP contribution in [0.3, 0.4) is 0 Å². The number of carbonyl (C=O) groups is 1. The Bertz CT molecular complexity index is 1160. The Hall–Kier alpha value is -3.52. The molecule has 3 aromatic rings. The highest BCUT2D eigenvalue weighted by Gasteiger charge is 2.23. The van der Waals surface area contributed by atoms with Crippen LogP contribution >= 0.6 is 11.6 Å². The van der Waals surface area contributed by atoms with Crippen LogP contribution in [0.5, 0.6) is 34.7 Å². The van der Waals surface area contributed by atoms with Gasteiger partial charge < -0.3 is 33.4 Å². The molecule has 0 bridgehead atoms. The summed E-state index contributed by atoms with van der Waals surface area (Å²) >= 11 is 6.43. The zero-order valence-electron chi connectivity index (χ0n) is 20.2. The first kappa shape index (κ1) is 25.1. The van der Waals surface area contributed by atoms with Gasteiger partial charge in [0.2, 0.25) is 0 Å². The Morgan fingerprint density at radius 3 is 2.12 bits per heavy atom. The monoisotopic (exact) mass is 489 g/mol. The number of benzene rings is 2. The molecule has 3 rings (SSSR count). The molecule has 2 aromatic carbocycles. The number of ether oxygens (including phenoxy) is 5. The minimum atomic E-state index is -0.515. The number of hydrogen-bond donors (Lipinski definition) is 1. The molecule has 1 amide bonds. The van der Waals surface area contributed by atoms with Crippen LogP contribution in [0, 0.1) is 6.92 Å². The Balaban J connectivity index is 1.89. The van der Waals surface area contributed by atoms with E-state index in [2.05, 4.69) is 5.32 Å². The third kappa shape index (κ3) is 5.02. The lowest BCUT2D eigenvalue weighted by atomic mass is 9.99. The highest BCUT2D eigenvalue weighted by Crippen LogP contribution is 2.45. The van der Waals surface area contributed by atoms with Crippen LogP contribution in [-0.4, -0.2) is 34.3 Å². The summed E-state index contributed by atoms with van der Waals surface area (Å²) in [5.74, 6) is 2.00. The SMILES string of the molecule is COc1cc(OC)c(NC(=O)c2ccc(Oc3c(C)cc(Cl)c(C(C)C)c3OC)o2)c(OC)c1. The van der Waals surface area contributed by atoms with E-state index in [0.29, 0.717) is 39.5 Å². The van der Waals surface area contributed by atoms with Crippen LogP contribution in [0.25, 0.3) is 0 Å².